The van der Waals surface area contributed by atoms with Crippen LogP contribution in [0.1, 0.15) is 25.6 Å². The molecular weight excluding hydrogens is 368 g/mol. The van der Waals surface area contributed by atoms with Crippen LogP contribution in [-0.2, 0) is 16.0 Å². The highest BCUT2D eigenvalue weighted by atomic mass is 79.9. The first-order chi connectivity index (χ1) is 10.4. The molecule has 0 aliphatic rings. The van der Waals surface area contributed by atoms with Gasteiger partial charge < -0.3 is 4.74 Å². The molecule has 0 spiro atoms. The van der Waals surface area contributed by atoms with Crippen LogP contribution in [0.3, 0.4) is 0 Å². The highest BCUT2D eigenvalue weighted by molar-refractivity contribution is 9.10. The number of carbonyl (C=O) groups is 2. The van der Waals surface area contributed by atoms with Crippen LogP contribution in [0, 0.1) is 0 Å². The molecule has 0 saturated carbocycles. The van der Waals surface area contributed by atoms with Crippen molar-refractivity contribution in [2.24, 2.45) is 0 Å². The summed E-state index contributed by atoms with van der Waals surface area (Å²) in [5.41, 5.74) is 0.710. The maximum absolute atomic E-state index is 12.0. The van der Waals surface area contributed by atoms with Gasteiger partial charge in [0.1, 0.15) is 0 Å². The number of aryl methyl sites for hydroxylation is 1. The van der Waals surface area contributed by atoms with Crippen molar-refractivity contribution in [3.8, 4) is 5.88 Å². The Balaban J connectivity index is 2.45. The number of benzene rings is 1. The topological polar surface area (TPSA) is 59.5 Å². The molecule has 1 aromatic heterocycles. The Labute approximate surface area is 141 Å². The molecule has 5 nitrogen and oxygen atoms in total. The Morgan fingerprint density at radius 3 is 2.41 bits per heavy atom. The fraction of sp³-hybridized carbons (Fsp3) is 0.267. The van der Waals surface area contributed by atoms with E-state index in [0.717, 1.165) is 9.35 Å². The molecule has 0 radical (unpaired) electrons. The van der Waals surface area contributed by atoms with Gasteiger partial charge in [-0.3, -0.25) is 14.5 Å². The molecule has 1 heterocycles. The van der Waals surface area contributed by atoms with E-state index in [1.54, 1.807) is 0 Å². The second kappa shape index (κ2) is 7.02. The Morgan fingerprint density at radius 2 is 1.91 bits per heavy atom. The van der Waals surface area contributed by atoms with Crippen LogP contribution in [-0.4, -0.2) is 16.9 Å². The highest BCUT2D eigenvalue weighted by Crippen LogP contribution is 2.36. The lowest BCUT2D eigenvalue weighted by atomic mass is 10.3. The molecule has 1 aromatic carbocycles. The summed E-state index contributed by atoms with van der Waals surface area (Å²) in [7, 11) is 0. The normalized spacial score (nSPS) is 10.4. The molecule has 2 aromatic rings. The molecule has 2 rings (SSSR count). The quantitative estimate of drug-likeness (QED) is 0.747. The van der Waals surface area contributed by atoms with Crippen LogP contribution in [0.2, 0.25) is 0 Å². The van der Waals surface area contributed by atoms with Crippen molar-refractivity contribution in [3.63, 3.8) is 0 Å². The van der Waals surface area contributed by atoms with Crippen molar-refractivity contribution in [1.82, 2.24) is 4.98 Å². The van der Waals surface area contributed by atoms with Gasteiger partial charge in [0.25, 0.3) is 0 Å². The number of halogens is 1. The van der Waals surface area contributed by atoms with Gasteiger partial charge in [0.15, 0.2) is 0 Å². The third kappa shape index (κ3) is 3.72. The molecular formula is C15H15BrN2O3S. The van der Waals surface area contributed by atoms with Gasteiger partial charge >= 0.3 is 5.97 Å². The second-order valence-electron chi connectivity index (χ2n) is 4.50. The number of esters is 1. The van der Waals surface area contributed by atoms with E-state index in [1.165, 1.54) is 30.1 Å². The fourth-order valence-electron chi connectivity index (χ4n) is 1.88. The minimum Gasteiger partial charge on any atom is -0.406 e. The molecule has 1 amide bonds. The number of aromatic nitrogens is 1. The maximum atomic E-state index is 12.0. The predicted molar refractivity (Wildman–Crippen MR) is 89.8 cm³/mol. The summed E-state index contributed by atoms with van der Waals surface area (Å²) < 4.78 is 6.04. The first-order valence-corrected chi connectivity index (χ1v) is 8.27. The molecule has 22 heavy (non-hydrogen) atoms. The molecule has 0 unspecified atom stereocenters. The van der Waals surface area contributed by atoms with Crippen LogP contribution in [0.15, 0.2) is 28.7 Å². The number of thiazole rings is 1. The number of ether oxygens (including phenoxy) is 1. The summed E-state index contributed by atoms with van der Waals surface area (Å²) in [4.78, 5) is 29.8. The number of rotatable bonds is 4. The Hall–Kier alpha value is -1.73. The summed E-state index contributed by atoms with van der Waals surface area (Å²) in [6.07, 6.45) is 0.673. The van der Waals surface area contributed by atoms with Crippen LogP contribution in [0.25, 0.3) is 0 Å². The maximum Gasteiger partial charge on any atom is 0.309 e. The van der Waals surface area contributed by atoms with E-state index in [9.17, 15) is 9.59 Å². The standard InChI is InChI=1S/C15H15BrN2O3S/c1-4-13-14(21-10(3)20)17-15(22-13)18(9(2)19)12-7-5-11(16)6-8-12/h5-8H,4H2,1-3H3. The van der Waals surface area contributed by atoms with Crippen molar-refractivity contribution < 1.29 is 14.3 Å². The third-order valence-corrected chi connectivity index (χ3v) is 4.50. The zero-order valence-electron chi connectivity index (χ0n) is 12.4. The number of carbonyl (C=O) groups excluding carboxylic acids is 2. The zero-order valence-corrected chi connectivity index (χ0v) is 14.8. The number of hydrogen-bond donors (Lipinski definition) is 0. The zero-order chi connectivity index (χ0) is 16.3. The first kappa shape index (κ1) is 16.6. The minimum absolute atomic E-state index is 0.159. The van der Waals surface area contributed by atoms with Crippen molar-refractivity contribution in [1.29, 1.82) is 0 Å². The van der Waals surface area contributed by atoms with Crippen molar-refractivity contribution in [2.45, 2.75) is 27.2 Å². The average molecular weight is 383 g/mol. The van der Waals surface area contributed by atoms with E-state index in [2.05, 4.69) is 20.9 Å². The molecule has 0 aliphatic heterocycles. The lowest BCUT2D eigenvalue weighted by molar-refractivity contribution is -0.132. The van der Waals surface area contributed by atoms with Gasteiger partial charge in [-0.1, -0.05) is 34.2 Å². The third-order valence-electron chi connectivity index (χ3n) is 2.80. The van der Waals surface area contributed by atoms with Crippen molar-refractivity contribution in [2.75, 3.05) is 4.90 Å². The van der Waals surface area contributed by atoms with Gasteiger partial charge in [-0.2, -0.15) is 4.98 Å². The summed E-state index contributed by atoms with van der Waals surface area (Å²) in [5.74, 6) is -0.309. The van der Waals surface area contributed by atoms with Crippen LogP contribution >= 0.6 is 27.3 Å². The Morgan fingerprint density at radius 1 is 1.27 bits per heavy atom. The molecule has 0 aliphatic carbocycles. The molecule has 0 fully saturated rings. The predicted octanol–water partition coefficient (Wildman–Crippen LogP) is 4.08. The van der Waals surface area contributed by atoms with Gasteiger partial charge in [-0.25, -0.2) is 0 Å². The molecule has 116 valence electrons. The van der Waals surface area contributed by atoms with Gasteiger partial charge in [-0.15, -0.1) is 0 Å². The number of anilines is 2. The van der Waals surface area contributed by atoms with Gasteiger partial charge in [0.05, 0.1) is 10.6 Å². The number of nitrogens with zero attached hydrogens (tertiary/aromatic N) is 2. The largest absolute Gasteiger partial charge is 0.406 e. The fourth-order valence-corrected chi connectivity index (χ4v) is 3.14. The second-order valence-corrected chi connectivity index (χ2v) is 6.48. The lowest BCUT2D eigenvalue weighted by Gasteiger charge is -2.17. The molecule has 0 bridgehead atoms. The monoisotopic (exact) mass is 382 g/mol. The molecule has 0 N–H and O–H groups in total. The summed E-state index contributed by atoms with van der Waals surface area (Å²) in [5, 5.41) is 0.489. The van der Waals surface area contributed by atoms with Crippen LogP contribution in [0.4, 0.5) is 10.8 Å². The highest BCUT2D eigenvalue weighted by Gasteiger charge is 2.22. The van der Waals surface area contributed by atoms with Crippen molar-refractivity contribution >= 4 is 50.0 Å². The number of amides is 1. The van der Waals surface area contributed by atoms with Gasteiger partial charge in [0.2, 0.25) is 16.9 Å². The van der Waals surface area contributed by atoms with E-state index in [1.807, 2.05) is 31.2 Å². The Bertz CT molecular complexity index is 697. The number of hydrogen-bond acceptors (Lipinski definition) is 5. The average Bonchev–Trinajstić information content (AvgIpc) is 2.82. The summed E-state index contributed by atoms with van der Waals surface area (Å²) in [6, 6.07) is 7.35. The Kier molecular flexibility index (Phi) is 5.31. The van der Waals surface area contributed by atoms with Gasteiger partial charge in [-0.05, 0) is 30.7 Å². The van der Waals surface area contributed by atoms with Crippen LogP contribution in [0.5, 0.6) is 5.88 Å². The molecule has 0 saturated heterocycles. The minimum atomic E-state index is -0.426. The summed E-state index contributed by atoms with van der Waals surface area (Å²) >= 11 is 4.71. The first-order valence-electron chi connectivity index (χ1n) is 6.66. The SMILES string of the molecule is CCc1sc(N(C(C)=O)c2ccc(Br)cc2)nc1OC(C)=O. The van der Waals surface area contributed by atoms with E-state index in [0.29, 0.717) is 17.2 Å². The molecule has 7 heteroatoms. The smallest absolute Gasteiger partial charge is 0.309 e. The lowest BCUT2D eigenvalue weighted by Crippen LogP contribution is -2.22. The van der Waals surface area contributed by atoms with E-state index < -0.39 is 5.97 Å². The molecule has 0 atom stereocenters. The summed E-state index contributed by atoms with van der Waals surface area (Å²) in [6.45, 7) is 4.75. The van der Waals surface area contributed by atoms with E-state index in [-0.39, 0.29) is 11.8 Å². The van der Waals surface area contributed by atoms with E-state index in [4.69, 9.17) is 4.74 Å². The van der Waals surface area contributed by atoms with Crippen LogP contribution < -0.4 is 9.64 Å². The van der Waals surface area contributed by atoms with E-state index >= 15 is 0 Å². The van der Waals surface area contributed by atoms with Gasteiger partial charge in [0, 0.05) is 18.3 Å². The van der Waals surface area contributed by atoms with Crippen molar-refractivity contribution in [3.05, 3.63) is 33.6 Å².